The van der Waals surface area contributed by atoms with Crippen molar-refractivity contribution >= 4 is 18.0 Å². The van der Waals surface area contributed by atoms with Gasteiger partial charge in [0.15, 0.2) is 0 Å². The average Bonchev–Trinajstić information content (AvgIpc) is 2.75. The molecule has 2 nitrogen and oxygen atoms in total. The van der Waals surface area contributed by atoms with Crippen LogP contribution in [0.4, 0.5) is 0 Å². The summed E-state index contributed by atoms with van der Waals surface area (Å²) in [7, 11) is 0. The molecule has 0 amide bonds. The molecule has 0 aliphatic carbocycles. The Morgan fingerprint density at radius 3 is 1.89 bits per heavy atom. The van der Waals surface area contributed by atoms with Gasteiger partial charge in [0.2, 0.25) is 0 Å². The van der Waals surface area contributed by atoms with E-state index in [1.54, 1.807) is 11.8 Å². The molecule has 2 aromatic carbocycles. The molecule has 3 heteroatoms. The average molecular weight is 396 g/mol. The third-order valence-corrected chi connectivity index (χ3v) is 5.19. The Balaban J connectivity index is 0.00000190. The van der Waals surface area contributed by atoms with Crippen LogP contribution >= 0.6 is 11.8 Å². The Labute approximate surface area is 175 Å². The molecule has 0 heterocycles. The molecular formula is C25H33NOS. The molecule has 0 saturated carbocycles. The highest BCUT2D eigenvalue weighted by Gasteiger charge is 2.19. The van der Waals surface area contributed by atoms with Gasteiger partial charge in [-0.3, -0.25) is 4.90 Å². The number of hydrogen-bond acceptors (Lipinski definition) is 3. The van der Waals surface area contributed by atoms with Crippen molar-refractivity contribution in [2.24, 2.45) is 0 Å². The first-order valence-corrected chi connectivity index (χ1v) is 10.9. The minimum atomic E-state index is -0.130. The zero-order valence-corrected chi connectivity index (χ0v) is 18.4. The fourth-order valence-corrected chi connectivity index (χ4v) is 3.55. The van der Waals surface area contributed by atoms with Gasteiger partial charge in [-0.15, -0.1) is 11.8 Å². The summed E-state index contributed by atoms with van der Waals surface area (Å²) in [5.41, 5.74) is 2.45. The number of benzene rings is 2. The molecular weight excluding hydrogens is 362 g/mol. The van der Waals surface area contributed by atoms with E-state index in [1.807, 2.05) is 69.3 Å². The molecule has 0 spiro atoms. The van der Waals surface area contributed by atoms with Crippen molar-refractivity contribution in [3.63, 3.8) is 0 Å². The highest BCUT2D eigenvalue weighted by molar-refractivity contribution is 8.03. The summed E-state index contributed by atoms with van der Waals surface area (Å²) in [5, 5.41) is 0. The van der Waals surface area contributed by atoms with Gasteiger partial charge < -0.3 is 4.79 Å². The van der Waals surface area contributed by atoms with E-state index in [4.69, 9.17) is 0 Å². The van der Waals surface area contributed by atoms with E-state index in [-0.39, 0.29) is 6.04 Å². The summed E-state index contributed by atoms with van der Waals surface area (Å²) < 4.78 is 0. The second-order valence-corrected chi connectivity index (χ2v) is 7.46. The number of carbonyl (C=O) groups excluding carboxylic acids is 1. The van der Waals surface area contributed by atoms with Gasteiger partial charge in [-0.25, -0.2) is 0 Å². The van der Waals surface area contributed by atoms with Crippen LogP contribution < -0.4 is 0 Å². The second kappa shape index (κ2) is 14.9. The zero-order chi connectivity index (χ0) is 20.6. The number of nitrogens with zero attached hydrogens (tertiary/aromatic N) is 1. The van der Waals surface area contributed by atoms with Crippen molar-refractivity contribution in [1.82, 2.24) is 4.90 Å². The van der Waals surface area contributed by atoms with Crippen LogP contribution in [0.15, 0.2) is 83.8 Å². The lowest BCUT2D eigenvalue weighted by Crippen LogP contribution is -2.37. The largest absolute Gasteiger partial charge is 0.302 e. The number of allylic oxidation sites excluding steroid dienone is 4. The maximum absolute atomic E-state index is 11.9. The molecule has 0 aromatic heterocycles. The number of aldehydes is 1. The fourth-order valence-electron chi connectivity index (χ4n) is 2.65. The van der Waals surface area contributed by atoms with Gasteiger partial charge in [-0.2, -0.15) is 0 Å². The smallest absolute Gasteiger partial charge is 0.137 e. The number of thioether (sulfide) groups is 1. The van der Waals surface area contributed by atoms with Crippen LogP contribution in [0.3, 0.4) is 0 Å². The predicted molar refractivity (Wildman–Crippen MR) is 124 cm³/mol. The first-order valence-electron chi connectivity index (χ1n) is 9.92. The van der Waals surface area contributed by atoms with Gasteiger partial charge in [0.05, 0.1) is 6.04 Å². The van der Waals surface area contributed by atoms with E-state index in [1.165, 1.54) is 16.0 Å². The molecule has 0 N–H and O–H groups in total. The Morgan fingerprint density at radius 1 is 0.964 bits per heavy atom. The molecule has 2 aromatic rings. The molecule has 150 valence electrons. The van der Waals surface area contributed by atoms with Crippen molar-refractivity contribution in [3.8, 4) is 0 Å². The minimum absolute atomic E-state index is 0.130. The van der Waals surface area contributed by atoms with E-state index in [0.29, 0.717) is 0 Å². The maximum Gasteiger partial charge on any atom is 0.137 e. The van der Waals surface area contributed by atoms with Gasteiger partial charge in [0.1, 0.15) is 6.29 Å². The number of hydrogen-bond donors (Lipinski definition) is 0. The summed E-state index contributed by atoms with van der Waals surface area (Å²) in [6, 6.07) is 20.6. The van der Waals surface area contributed by atoms with Crippen molar-refractivity contribution in [3.05, 3.63) is 94.9 Å². The molecule has 1 atom stereocenters. The molecule has 0 aliphatic heterocycles. The van der Waals surface area contributed by atoms with E-state index < -0.39 is 0 Å². The lowest BCUT2D eigenvalue weighted by Gasteiger charge is -2.28. The third-order valence-electron chi connectivity index (χ3n) is 4.09. The van der Waals surface area contributed by atoms with Crippen molar-refractivity contribution in [2.45, 2.75) is 46.8 Å². The third kappa shape index (κ3) is 9.20. The van der Waals surface area contributed by atoms with Crippen LogP contribution in [0.1, 0.15) is 38.8 Å². The molecule has 0 bridgehead atoms. The van der Waals surface area contributed by atoms with Crippen molar-refractivity contribution < 1.29 is 4.79 Å². The number of carbonyl (C=O) groups is 1. The highest BCUT2D eigenvalue weighted by atomic mass is 32.2. The first kappa shape index (κ1) is 23.9. The molecule has 0 aliphatic rings. The SMILES string of the molecule is C/C=C\C=C(/C)SCC(C=O)N(Cc1ccccc1)Cc1ccccc1.CC. The Hall–Kier alpha value is -2.10. The van der Waals surface area contributed by atoms with E-state index in [0.717, 1.165) is 25.1 Å². The minimum Gasteiger partial charge on any atom is -0.302 e. The van der Waals surface area contributed by atoms with Crippen molar-refractivity contribution in [2.75, 3.05) is 5.75 Å². The van der Waals surface area contributed by atoms with Crippen LogP contribution in [0.2, 0.25) is 0 Å². The van der Waals surface area contributed by atoms with Gasteiger partial charge >= 0.3 is 0 Å². The van der Waals surface area contributed by atoms with Gasteiger partial charge in [-0.1, -0.05) is 92.7 Å². The van der Waals surface area contributed by atoms with Crippen LogP contribution in [-0.2, 0) is 17.9 Å². The van der Waals surface area contributed by atoms with Crippen LogP contribution in [0.5, 0.6) is 0 Å². The van der Waals surface area contributed by atoms with E-state index in [9.17, 15) is 4.79 Å². The number of rotatable bonds is 10. The zero-order valence-electron chi connectivity index (χ0n) is 17.5. The summed E-state index contributed by atoms with van der Waals surface area (Å²) in [6.45, 7) is 9.62. The quantitative estimate of drug-likeness (QED) is 0.338. The van der Waals surface area contributed by atoms with E-state index >= 15 is 0 Å². The summed E-state index contributed by atoms with van der Waals surface area (Å²) in [5.74, 6) is 0.753. The van der Waals surface area contributed by atoms with Crippen LogP contribution in [0, 0.1) is 0 Å². The Morgan fingerprint density at radius 2 is 1.46 bits per heavy atom. The second-order valence-electron chi connectivity index (χ2n) is 6.19. The lowest BCUT2D eigenvalue weighted by molar-refractivity contribution is -0.112. The van der Waals surface area contributed by atoms with Crippen LogP contribution in [-0.4, -0.2) is 23.0 Å². The van der Waals surface area contributed by atoms with Gasteiger partial charge in [-0.05, 0) is 29.9 Å². The molecule has 28 heavy (non-hydrogen) atoms. The molecule has 2 rings (SSSR count). The lowest BCUT2D eigenvalue weighted by atomic mass is 10.1. The van der Waals surface area contributed by atoms with Gasteiger partial charge in [0, 0.05) is 18.8 Å². The highest BCUT2D eigenvalue weighted by Crippen LogP contribution is 2.20. The maximum atomic E-state index is 11.9. The Bertz CT molecular complexity index is 668. The van der Waals surface area contributed by atoms with E-state index in [2.05, 4.69) is 42.2 Å². The molecule has 0 fully saturated rings. The molecule has 0 saturated heterocycles. The summed E-state index contributed by atoms with van der Waals surface area (Å²) in [6.07, 6.45) is 7.22. The monoisotopic (exact) mass is 395 g/mol. The van der Waals surface area contributed by atoms with Gasteiger partial charge in [0.25, 0.3) is 0 Å². The molecule has 1 unspecified atom stereocenters. The van der Waals surface area contributed by atoms with Crippen molar-refractivity contribution in [1.29, 1.82) is 0 Å². The fraction of sp³-hybridized carbons (Fsp3) is 0.320. The van der Waals surface area contributed by atoms with Crippen LogP contribution in [0.25, 0.3) is 0 Å². The first-order chi connectivity index (χ1) is 13.7. The summed E-state index contributed by atoms with van der Waals surface area (Å²) >= 11 is 1.74. The summed E-state index contributed by atoms with van der Waals surface area (Å²) in [4.78, 5) is 15.3. The normalized spacial score (nSPS) is 12.5. The standard InChI is InChI=1S/C23H27NOS.C2H6/c1-3-4-11-20(2)26-19-23(18-25)24(16-21-12-7-5-8-13-21)17-22-14-9-6-10-15-22;1-2/h3-15,18,23H,16-17,19H2,1-2H3;1-2H3/b4-3-,20-11+;. The topological polar surface area (TPSA) is 20.3 Å². The predicted octanol–water partition coefficient (Wildman–Crippen LogP) is 6.50. The molecule has 0 radical (unpaired) electrons. The Kier molecular flexibility index (Phi) is 12.7.